The molecule has 0 spiro atoms. The van der Waals surface area contributed by atoms with Gasteiger partial charge in [0.25, 0.3) is 0 Å². The summed E-state index contributed by atoms with van der Waals surface area (Å²) in [7, 11) is 0. The average Bonchev–Trinajstić information content (AvgIpc) is 2.44. The average molecular weight is 288 g/mol. The van der Waals surface area contributed by atoms with E-state index in [1.165, 1.54) is 0 Å². The van der Waals surface area contributed by atoms with Crippen molar-refractivity contribution in [1.29, 1.82) is 5.26 Å². The topological polar surface area (TPSA) is 64.3 Å². The molecule has 4 heteroatoms. The van der Waals surface area contributed by atoms with Crippen LogP contribution in [0, 0.1) is 23.2 Å². The minimum absolute atomic E-state index is 0.392. The second-order valence-corrected chi connectivity index (χ2v) is 5.97. The zero-order valence-electron chi connectivity index (χ0n) is 13.0. The van der Waals surface area contributed by atoms with Crippen LogP contribution in [0.25, 0.3) is 0 Å². The summed E-state index contributed by atoms with van der Waals surface area (Å²) in [6.07, 6.45) is 1.03. The Bertz CT molecular complexity index is 506. The third-order valence-electron chi connectivity index (χ3n) is 3.44. The second-order valence-electron chi connectivity index (χ2n) is 5.97. The largest absolute Gasteiger partial charge is 0.481 e. The molecule has 114 valence electrons. The Morgan fingerprint density at radius 2 is 2.10 bits per heavy atom. The molecule has 0 aromatic heterocycles. The summed E-state index contributed by atoms with van der Waals surface area (Å²) in [4.78, 5) is 13.2. The molecule has 1 aromatic rings. The fraction of sp³-hybridized carbons (Fsp3) is 0.529. The maximum atomic E-state index is 11.1. The van der Waals surface area contributed by atoms with E-state index in [2.05, 4.69) is 24.8 Å². The lowest BCUT2D eigenvalue weighted by Gasteiger charge is -2.25. The molecule has 0 radical (unpaired) electrons. The normalized spacial score (nSPS) is 12.4. The van der Waals surface area contributed by atoms with Gasteiger partial charge in [0.1, 0.15) is 0 Å². The van der Waals surface area contributed by atoms with Crippen molar-refractivity contribution in [2.75, 3.05) is 13.1 Å². The first-order valence-electron chi connectivity index (χ1n) is 7.36. The SMILES string of the molecule is CC(C)CCN(Cc1cccc(C#N)c1)CC(C)C(=O)O. The zero-order chi connectivity index (χ0) is 15.8. The van der Waals surface area contributed by atoms with Gasteiger partial charge < -0.3 is 5.11 Å². The molecule has 0 heterocycles. The molecule has 0 aliphatic rings. The van der Waals surface area contributed by atoms with E-state index in [-0.39, 0.29) is 0 Å². The molecule has 4 nitrogen and oxygen atoms in total. The number of nitrogens with zero attached hydrogens (tertiary/aromatic N) is 2. The summed E-state index contributed by atoms with van der Waals surface area (Å²) in [6, 6.07) is 9.64. The van der Waals surface area contributed by atoms with Gasteiger partial charge in [0.2, 0.25) is 0 Å². The first kappa shape index (κ1) is 17.2. The molecule has 0 aliphatic heterocycles. The molecule has 1 atom stereocenters. The van der Waals surface area contributed by atoms with E-state index in [1.54, 1.807) is 13.0 Å². The van der Waals surface area contributed by atoms with Gasteiger partial charge >= 0.3 is 5.97 Å². The minimum atomic E-state index is -0.768. The van der Waals surface area contributed by atoms with Crippen molar-refractivity contribution in [2.24, 2.45) is 11.8 Å². The Hall–Kier alpha value is -1.86. The van der Waals surface area contributed by atoms with Gasteiger partial charge in [0.05, 0.1) is 17.6 Å². The molecule has 0 saturated heterocycles. The molecular formula is C17H24N2O2. The van der Waals surface area contributed by atoms with E-state index in [4.69, 9.17) is 10.4 Å². The Morgan fingerprint density at radius 3 is 2.67 bits per heavy atom. The number of aliphatic carboxylic acids is 1. The van der Waals surface area contributed by atoms with Crippen molar-refractivity contribution in [1.82, 2.24) is 4.90 Å². The van der Waals surface area contributed by atoms with E-state index in [1.807, 2.05) is 18.2 Å². The van der Waals surface area contributed by atoms with Crippen LogP contribution >= 0.6 is 0 Å². The smallest absolute Gasteiger partial charge is 0.307 e. The van der Waals surface area contributed by atoms with Gasteiger partial charge in [-0.15, -0.1) is 0 Å². The van der Waals surface area contributed by atoms with Gasteiger partial charge in [0.15, 0.2) is 0 Å². The number of carboxylic acids is 1. The van der Waals surface area contributed by atoms with Crippen LogP contribution < -0.4 is 0 Å². The Morgan fingerprint density at radius 1 is 1.38 bits per heavy atom. The van der Waals surface area contributed by atoms with E-state index in [0.717, 1.165) is 18.5 Å². The van der Waals surface area contributed by atoms with Crippen molar-refractivity contribution >= 4 is 5.97 Å². The molecule has 1 unspecified atom stereocenters. The van der Waals surface area contributed by atoms with E-state index < -0.39 is 11.9 Å². The number of carboxylic acid groups (broad SMARTS) is 1. The third-order valence-corrected chi connectivity index (χ3v) is 3.44. The van der Waals surface area contributed by atoms with E-state index >= 15 is 0 Å². The van der Waals surface area contributed by atoms with Crippen molar-refractivity contribution in [3.8, 4) is 6.07 Å². The van der Waals surface area contributed by atoms with Crippen LogP contribution in [0.5, 0.6) is 0 Å². The fourth-order valence-corrected chi connectivity index (χ4v) is 2.14. The van der Waals surface area contributed by atoms with Gasteiger partial charge in [-0.05, 0) is 36.6 Å². The van der Waals surface area contributed by atoms with Crippen LogP contribution in [-0.4, -0.2) is 29.1 Å². The first-order chi connectivity index (χ1) is 9.92. The second kappa shape index (κ2) is 8.43. The maximum absolute atomic E-state index is 11.1. The van der Waals surface area contributed by atoms with E-state index in [9.17, 15) is 4.79 Å². The van der Waals surface area contributed by atoms with Crippen LogP contribution in [0.4, 0.5) is 0 Å². The summed E-state index contributed by atoms with van der Waals surface area (Å²) in [5.74, 6) is -0.579. The Labute approximate surface area is 127 Å². The van der Waals surface area contributed by atoms with Crippen LogP contribution in [-0.2, 0) is 11.3 Å². The molecule has 1 rings (SSSR count). The number of hydrogen-bond donors (Lipinski definition) is 1. The van der Waals surface area contributed by atoms with Gasteiger partial charge in [-0.2, -0.15) is 5.26 Å². The zero-order valence-corrected chi connectivity index (χ0v) is 13.0. The highest BCUT2D eigenvalue weighted by Gasteiger charge is 2.16. The van der Waals surface area contributed by atoms with Crippen LogP contribution in [0.1, 0.15) is 38.3 Å². The van der Waals surface area contributed by atoms with Crippen LogP contribution in [0.15, 0.2) is 24.3 Å². The Balaban J connectivity index is 2.75. The maximum Gasteiger partial charge on any atom is 0.307 e. The predicted octanol–water partition coefficient (Wildman–Crippen LogP) is 3.13. The summed E-state index contributed by atoms with van der Waals surface area (Å²) in [6.45, 7) is 8.13. The van der Waals surface area contributed by atoms with Crippen molar-refractivity contribution in [3.05, 3.63) is 35.4 Å². The monoisotopic (exact) mass is 288 g/mol. The first-order valence-corrected chi connectivity index (χ1v) is 7.36. The molecule has 0 bridgehead atoms. The molecule has 0 amide bonds. The minimum Gasteiger partial charge on any atom is -0.481 e. The van der Waals surface area contributed by atoms with Gasteiger partial charge in [0, 0.05) is 13.1 Å². The number of hydrogen-bond acceptors (Lipinski definition) is 3. The fourth-order valence-electron chi connectivity index (χ4n) is 2.14. The van der Waals surface area contributed by atoms with Crippen LogP contribution in [0.2, 0.25) is 0 Å². The van der Waals surface area contributed by atoms with Crippen molar-refractivity contribution in [3.63, 3.8) is 0 Å². The summed E-state index contributed by atoms with van der Waals surface area (Å²) in [5, 5.41) is 18.0. The molecule has 0 fully saturated rings. The van der Waals surface area contributed by atoms with E-state index in [0.29, 0.717) is 24.6 Å². The molecule has 0 aliphatic carbocycles. The standard InChI is InChI=1S/C17H24N2O2/c1-13(2)7-8-19(11-14(3)17(20)21)12-16-6-4-5-15(9-16)10-18/h4-6,9,13-14H,7-8,11-12H2,1-3H3,(H,20,21). The summed E-state index contributed by atoms with van der Waals surface area (Å²) in [5.41, 5.74) is 1.69. The van der Waals surface area contributed by atoms with Crippen LogP contribution in [0.3, 0.4) is 0 Å². The molecule has 21 heavy (non-hydrogen) atoms. The predicted molar refractivity (Wildman–Crippen MR) is 82.7 cm³/mol. The summed E-state index contributed by atoms with van der Waals surface area (Å²) < 4.78 is 0. The molecular weight excluding hydrogens is 264 g/mol. The number of carbonyl (C=O) groups is 1. The number of nitriles is 1. The quantitative estimate of drug-likeness (QED) is 0.798. The van der Waals surface area contributed by atoms with Gasteiger partial charge in [-0.1, -0.05) is 32.9 Å². The Kier molecular flexibility index (Phi) is 6.90. The lowest BCUT2D eigenvalue weighted by molar-refractivity contribution is -0.141. The lowest BCUT2D eigenvalue weighted by atomic mass is 10.1. The molecule has 1 aromatic carbocycles. The third kappa shape index (κ3) is 6.42. The highest BCUT2D eigenvalue weighted by Crippen LogP contribution is 2.12. The number of benzene rings is 1. The van der Waals surface area contributed by atoms with Crippen molar-refractivity contribution < 1.29 is 9.90 Å². The van der Waals surface area contributed by atoms with Gasteiger partial charge in [-0.25, -0.2) is 0 Å². The summed E-state index contributed by atoms with van der Waals surface area (Å²) >= 11 is 0. The molecule has 0 saturated carbocycles. The highest BCUT2D eigenvalue weighted by atomic mass is 16.4. The lowest BCUT2D eigenvalue weighted by Crippen LogP contribution is -2.32. The number of rotatable bonds is 8. The molecule has 1 N–H and O–H groups in total. The van der Waals surface area contributed by atoms with Crippen molar-refractivity contribution in [2.45, 2.75) is 33.7 Å². The van der Waals surface area contributed by atoms with Gasteiger partial charge in [-0.3, -0.25) is 9.69 Å². The highest BCUT2D eigenvalue weighted by molar-refractivity contribution is 5.69.